The summed E-state index contributed by atoms with van der Waals surface area (Å²) in [4.78, 5) is 35.7. The third kappa shape index (κ3) is 33.5. The number of ether oxygens (including phenoxy) is 2. The number of carbonyl (C=O) groups is 2. The van der Waals surface area contributed by atoms with Gasteiger partial charge in [-0.05, 0) is 19.3 Å². The van der Waals surface area contributed by atoms with Crippen LogP contribution in [0.2, 0.25) is 0 Å². The third-order valence-electron chi connectivity index (χ3n) is 12.4. The molecule has 1 saturated carbocycles. The molecular formula is C51H95O13P. The number of carbonyl (C=O) groups excluding carboxylic acids is 2. The van der Waals surface area contributed by atoms with E-state index in [1.54, 1.807) is 12.2 Å². The monoisotopic (exact) mass is 947 g/mol. The molecule has 0 aromatic carbocycles. The van der Waals surface area contributed by atoms with Gasteiger partial charge in [0, 0.05) is 12.5 Å². The van der Waals surface area contributed by atoms with E-state index in [1.165, 1.54) is 167 Å². The zero-order chi connectivity index (χ0) is 47.8. The number of aliphatic hydroxyl groups excluding tert-OH is 5. The van der Waals surface area contributed by atoms with Crippen molar-refractivity contribution in [3.63, 3.8) is 0 Å². The van der Waals surface area contributed by atoms with Crippen molar-refractivity contribution in [1.29, 1.82) is 0 Å². The van der Waals surface area contributed by atoms with E-state index < -0.39 is 75.7 Å². The Morgan fingerprint density at radius 2 is 0.877 bits per heavy atom. The average Bonchev–Trinajstić information content (AvgIpc) is 3.29. The first-order chi connectivity index (χ1) is 31.4. The largest absolute Gasteiger partial charge is 0.472 e. The van der Waals surface area contributed by atoms with E-state index in [1.807, 2.05) is 6.08 Å². The summed E-state index contributed by atoms with van der Waals surface area (Å²) < 4.78 is 33.5. The van der Waals surface area contributed by atoms with Gasteiger partial charge in [-0.15, -0.1) is 0 Å². The van der Waals surface area contributed by atoms with Crippen LogP contribution in [-0.4, -0.2) is 98.3 Å². The predicted octanol–water partition coefficient (Wildman–Crippen LogP) is 11.2. The second-order valence-electron chi connectivity index (χ2n) is 18.5. The normalized spacial score (nSPS) is 21.5. The van der Waals surface area contributed by atoms with Crippen LogP contribution >= 0.6 is 7.82 Å². The van der Waals surface area contributed by atoms with Crippen LogP contribution in [0.5, 0.6) is 0 Å². The summed E-state index contributed by atoms with van der Waals surface area (Å²) in [5.41, 5.74) is 0. The molecule has 8 atom stereocenters. The van der Waals surface area contributed by atoms with Crippen LogP contribution in [0, 0.1) is 0 Å². The van der Waals surface area contributed by atoms with Gasteiger partial charge in [0.1, 0.15) is 43.2 Å². The van der Waals surface area contributed by atoms with Gasteiger partial charge in [-0.2, -0.15) is 0 Å². The molecule has 1 rings (SSSR count). The van der Waals surface area contributed by atoms with Gasteiger partial charge in [0.25, 0.3) is 0 Å². The highest BCUT2D eigenvalue weighted by Crippen LogP contribution is 2.47. The number of rotatable bonds is 44. The van der Waals surface area contributed by atoms with E-state index >= 15 is 0 Å². The molecule has 1 fully saturated rings. The first kappa shape index (κ1) is 61.3. The highest BCUT2D eigenvalue weighted by Gasteiger charge is 2.51. The molecule has 1 aliphatic rings. The topological polar surface area (TPSA) is 210 Å². The Morgan fingerprint density at radius 3 is 1.29 bits per heavy atom. The van der Waals surface area contributed by atoms with Crippen molar-refractivity contribution in [2.75, 3.05) is 13.2 Å². The van der Waals surface area contributed by atoms with Gasteiger partial charge in [-0.1, -0.05) is 225 Å². The van der Waals surface area contributed by atoms with Gasteiger partial charge in [0.05, 0.1) is 6.61 Å². The fraction of sp³-hybridized carbons (Fsp3) is 0.882. The van der Waals surface area contributed by atoms with E-state index in [9.17, 15) is 44.6 Å². The van der Waals surface area contributed by atoms with Crippen molar-refractivity contribution in [3.05, 3.63) is 24.3 Å². The quantitative estimate of drug-likeness (QED) is 0.0111. The first-order valence-electron chi connectivity index (χ1n) is 26.2. The first-order valence-corrected chi connectivity index (χ1v) is 27.7. The molecule has 0 radical (unpaired) electrons. The molecule has 14 heteroatoms. The molecule has 382 valence electrons. The molecule has 0 bridgehead atoms. The molecule has 6 N–H and O–H groups in total. The summed E-state index contributed by atoms with van der Waals surface area (Å²) in [5, 5.41) is 50.2. The van der Waals surface area contributed by atoms with Crippen molar-refractivity contribution in [1.82, 2.24) is 0 Å². The highest BCUT2D eigenvalue weighted by atomic mass is 31.2. The Bertz CT molecular complexity index is 1230. The van der Waals surface area contributed by atoms with Gasteiger partial charge in [0.15, 0.2) is 6.10 Å². The Kier molecular flexibility index (Phi) is 39.0. The lowest BCUT2D eigenvalue weighted by molar-refractivity contribution is -0.220. The number of phosphoric ester groups is 1. The standard InChI is InChI=1S/C51H95O13P/c1-3-5-7-9-11-13-15-17-19-20-21-22-23-24-26-28-30-32-34-36-38-40-45(53)63-43(42-62-65(59,60)64-51-49(57)47(55)46(54)48(56)50(51)58)41-61-44(52)39-37-35-33-31-29-27-25-18-16-14-12-10-8-6-4-2/h33,35,37,39,43,46-51,54-58H,3-32,34,36,38,40-42H2,1-2H3,(H,59,60)/b35-33+,39-37+/t43-,46?,47-,48?,49?,50?,51?/m1/s1. The molecule has 0 heterocycles. The predicted molar refractivity (Wildman–Crippen MR) is 258 cm³/mol. The Balaban J connectivity index is 2.41. The zero-order valence-electron chi connectivity index (χ0n) is 40.8. The maximum Gasteiger partial charge on any atom is 0.472 e. The van der Waals surface area contributed by atoms with Crippen LogP contribution in [0.15, 0.2) is 24.3 Å². The summed E-state index contributed by atoms with van der Waals surface area (Å²) in [6.07, 6.45) is 34.4. The third-order valence-corrected chi connectivity index (χ3v) is 13.4. The lowest BCUT2D eigenvalue weighted by atomic mass is 9.85. The molecule has 13 nitrogen and oxygen atoms in total. The molecule has 1 aliphatic carbocycles. The van der Waals surface area contributed by atoms with E-state index in [0.29, 0.717) is 6.42 Å². The number of phosphoric acid groups is 1. The average molecular weight is 947 g/mol. The molecule has 0 spiro atoms. The zero-order valence-corrected chi connectivity index (χ0v) is 41.7. The number of allylic oxidation sites excluding steroid dienone is 3. The van der Waals surface area contributed by atoms with Crippen LogP contribution < -0.4 is 0 Å². The van der Waals surface area contributed by atoms with Crippen molar-refractivity contribution in [3.8, 4) is 0 Å². The summed E-state index contributed by atoms with van der Waals surface area (Å²) in [6, 6.07) is 0. The Morgan fingerprint density at radius 1 is 0.508 bits per heavy atom. The lowest BCUT2D eigenvalue weighted by Crippen LogP contribution is -2.64. The molecule has 0 aliphatic heterocycles. The molecule has 6 unspecified atom stereocenters. The summed E-state index contributed by atoms with van der Waals surface area (Å²) in [5.74, 6) is -1.34. The molecule has 0 aromatic heterocycles. The van der Waals surface area contributed by atoms with Crippen LogP contribution in [-0.2, 0) is 32.7 Å². The van der Waals surface area contributed by atoms with Gasteiger partial charge >= 0.3 is 19.8 Å². The van der Waals surface area contributed by atoms with Crippen LogP contribution in [0.4, 0.5) is 0 Å². The number of hydrogen-bond acceptors (Lipinski definition) is 12. The number of aliphatic hydroxyl groups is 5. The minimum Gasteiger partial charge on any atom is -0.458 e. The molecule has 0 saturated heterocycles. The molecular weight excluding hydrogens is 852 g/mol. The van der Waals surface area contributed by atoms with Gasteiger partial charge in [-0.25, -0.2) is 9.36 Å². The summed E-state index contributed by atoms with van der Waals surface area (Å²) in [6.45, 7) is 3.23. The van der Waals surface area contributed by atoms with E-state index in [2.05, 4.69) is 13.8 Å². The van der Waals surface area contributed by atoms with Gasteiger partial charge in [0.2, 0.25) is 0 Å². The fourth-order valence-corrected chi connectivity index (χ4v) is 9.18. The fourth-order valence-electron chi connectivity index (χ4n) is 8.20. The minimum atomic E-state index is -5.14. The van der Waals surface area contributed by atoms with Crippen molar-refractivity contribution in [2.24, 2.45) is 0 Å². The number of unbranched alkanes of at least 4 members (excludes halogenated alkanes) is 31. The SMILES string of the molecule is CCCCCCCCCCCCC/C=C/C=C/C(=O)OC[C@H](COP(=O)(O)OC1C(O)C(O)C(O)[C@@H](O)C1O)OC(=O)CCCCCCCCCCCCCCCCCCCCCCC. The van der Waals surface area contributed by atoms with Crippen molar-refractivity contribution in [2.45, 2.75) is 275 Å². The molecule has 0 amide bonds. The number of hydrogen-bond donors (Lipinski definition) is 6. The molecule has 0 aromatic rings. The van der Waals surface area contributed by atoms with Crippen molar-refractivity contribution >= 4 is 19.8 Å². The second-order valence-corrected chi connectivity index (χ2v) is 19.9. The summed E-state index contributed by atoms with van der Waals surface area (Å²) in [7, 11) is -5.14. The van der Waals surface area contributed by atoms with Crippen molar-refractivity contribution < 1.29 is 63.1 Å². The van der Waals surface area contributed by atoms with Gasteiger partial charge in [-0.3, -0.25) is 13.8 Å². The lowest BCUT2D eigenvalue weighted by Gasteiger charge is -2.41. The Labute approximate surface area is 394 Å². The van der Waals surface area contributed by atoms with Crippen LogP contribution in [0.3, 0.4) is 0 Å². The van der Waals surface area contributed by atoms with Gasteiger partial charge < -0.3 is 39.9 Å². The van der Waals surface area contributed by atoms with E-state index in [4.69, 9.17) is 18.5 Å². The smallest absolute Gasteiger partial charge is 0.458 e. The molecule has 65 heavy (non-hydrogen) atoms. The number of esters is 2. The van der Waals surface area contributed by atoms with Crippen LogP contribution in [0.1, 0.15) is 232 Å². The second kappa shape index (κ2) is 41.3. The van der Waals surface area contributed by atoms with Crippen LogP contribution in [0.25, 0.3) is 0 Å². The summed E-state index contributed by atoms with van der Waals surface area (Å²) >= 11 is 0. The van der Waals surface area contributed by atoms with E-state index in [-0.39, 0.29) is 6.42 Å². The minimum absolute atomic E-state index is 0.0825. The highest BCUT2D eigenvalue weighted by molar-refractivity contribution is 7.47. The van der Waals surface area contributed by atoms with E-state index in [0.717, 1.165) is 44.9 Å². The Hall–Kier alpha value is -1.67. The maximum atomic E-state index is 12.8. The maximum absolute atomic E-state index is 12.8.